The van der Waals surface area contributed by atoms with E-state index in [-0.39, 0.29) is 6.61 Å². The number of hydrogen-bond acceptors (Lipinski definition) is 3. The molecular formula is C9H16O4. The van der Waals surface area contributed by atoms with E-state index in [1.807, 2.05) is 0 Å². The molecule has 13 heavy (non-hydrogen) atoms. The number of carbonyl (C=O) groups is 1. The molecule has 0 radical (unpaired) electrons. The highest BCUT2D eigenvalue weighted by Crippen LogP contribution is 2.24. The van der Waals surface area contributed by atoms with E-state index in [1.54, 1.807) is 0 Å². The van der Waals surface area contributed by atoms with Crippen molar-refractivity contribution in [2.24, 2.45) is 5.92 Å². The van der Waals surface area contributed by atoms with E-state index in [4.69, 9.17) is 14.9 Å². The van der Waals surface area contributed by atoms with Crippen LogP contribution in [0.15, 0.2) is 0 Å². The lowest BCUT2D eigenvalue weighted by Gasteiger charge is -2.10. The fourth-order valence-electron chi connectivity index (χ4n) is 1.59. The number of aliphatic carboxylic acids is 1. The van der Waals surface area contributed by atoms with Crippen LogP contribution in [0.5, 0.6) is 0 Å². The molecule has 4 nitrogen and oxygen atoms in total. The summed E-state index contributed by atoms with van der Waals surface area (Å²) in [4.78, 5) is 10.2. The first kappa shape index (κ1) is 10.5. The van der Waals surface area contributed by atoms with Crippen LogP contribution >= 0.6 is 0 Å². The van der Waals surface area contributed by atoms with Crippen molar-refractivity contribution in [3.05, 3.63) is 0 Å². The second-order valence-corrected chi connectivity index (χ2v) is 3.54. The molecule has 4 heteroatoms. The van der Waals surface area contributed by atoms with Crippen molar-refractivity contribution in [2.75, 3.05) is 13.2 Å². The van der Waals surface area contributed by atoms with Gasteiger partial charge in [0.25, 0.3) is 0 Å². The molecule has 1 fully saturated rings. The molecule has 1 saturated carbocycles. The molecule has 0 saturated heterocycles. The van der Waals surface area contributed by atoms with Gasteiger partial charge >= 0.3 is 5.97 Å². The zero-order valence-electron chi connectivity index (χ0n) is 7.61. The Morgan fingerprint density at radius 2 is 2.08 bits per heavy atom. The molecule has 0 aliphatic heterocycles. The van der Waals surface area contributed by atoms with Crippen LogP contribution in [0.25, 0.3) is 0 Å². The predicted octanol–water partition coefficient (Wildman–Crippen LogP) is 0.639. The first-order valence-corrected chi connectivity index (χ1v) is 4.68. The average Bonchev–Trinajstić information content (AvgIpc) is 2.56. The summed E-state index contributed by atoms with van der Waals surface area (Å²) in [6, 6.07) is 0. The Bertz CT molecular complexity index is 163. The highest BCUT2D eigenvalue weighted by molar-refractivity contribution is 5.71. The zero-order chi connectivity index (χ0) is 9.68. The van der Waals surface area contributed by atoms with Gasteiger partial charge in [-0.25, -0.2) is 4.79 Å². The van der Waals surface area contributed by atoms with Gasteiger partial charge in [0.1, 0.15) is 0 Å². The molecular weight excluding hydrogens is 172 g/mol. The summed E-state index contributed by atoms with van der Waals surface area (Å²) in [6.45, 7) is 0.496. The van der Waals surface area contributed by atoms with Gasteiger partial charge in [-0.15, -0.1) is 0 Å². The molecule has 0 bridgehead atoms. The van der Waals surface area contributed by atoms with Gasteiger partial charge in [-0.2, -0.15) is 0 Å². The maximum atomic E-state index is 10.2. The Kier molecular flexibility index (Phi) is 4.18. The second-order valence-electron chi connectivity index (χ2n) is 3.54. The fourth-order valence-corrected chi connectivity index (χ4v) is 1.59. The van der Waals surface area contributed by atoms with Gasteiger partial charge in [0.05, 0.1) is 6.61 Å². The van der Waals surface area contributed by atoms with Crippen molar-refractivity contribution in [3.63, 3.8) is 0 Å². The Hall–Kier alpha value is -0.610. The summed E-state index contributed by atoms with van der Waals surface area (Å²) >= 11 is 0. The summed E-state index contributed by atoms with van der Waals surface area (Å²) < 4.78 is 5.11. The van der Waals surface area contributed by atoms with E-state index in [9.17, 15) is 4.79 Å². The number of aliphatic hydroxyl groups excluding tert-OH is 1. The van der Waals surface area contributed by atoms with Gasteiger partial charge in [0.2, 0.25) is 0 Å². The highest BCUT2D eigenvalue weighted by Gasteiger charge is 2.17. The van der Waals surface area contributed by atoms with Gasteiger partial charge in [0.15, 0.2) is 6.10 Å². The maximum absolute atomic E-state index is 10.2. The molecule has 0 unspecified atom stereocenters. The van der Waals surface area contributed by atoms with E-state index in [0.717, 1.165) is 0 Å². The topological polar surface area (TPSA) is 66.8 Å². The second kappa shape index (κ2) is 5.19. The van der Waals surface area contributed by atoms with Crippen LogP contribution in [-0.4, -0.2) is 35.5 Å². The van der Waals surface area contributed by atoms with Crippen LogP contribution in [0, 0.1) is 5.92 Å². The third-order valence-corrected chi connectivity index (χ3v) is 2.39. The van der Waals surface area contributed by atoms with Crippen molar-refractivity contribution in [3.8, 4) is 0 Å². The van der Waals surface area contributed by atoms with Crippen LogP contribution in [0.1, 0.15) is 25.7 Å². The summed E-state index contributed by atoms with van der Waals surface area (Å²) in [6.07, 6.45) is 3.46. The Labute approximate surface area is 77.5 Å². The molecule has 0 aromatic heterocycles. The molecule has 0 spiro atoms. The molecule has 1 aliphatic carbocycles. The van der Waals surface area contributed by atoms with Gasteiger partial charge in [-0.05, 0) is 18.8 Å². The molecule has 0 heterocycles. The third-order valence-electron chi connectivity index (χ3n) is 2.39. The highest BCUT2D eigenvalue weighted by atomic mass is 16.5. The van der Waals surface area contributed by atoms with Crippen molar-refractivity contribution < 1.29 is 19.7 Å². The fraction of sp³-hybridized carbons (Fsp3) is 0.889. The molecule has 0 aromatic carbocycles. The normalized spacial score (nSPS) is 20.4. The molecule has 0 amide bonds. The smallest absolute Gasteiger partial charge is 0.334 e. The first-order valence-electron chi connectivity index (χ1n) is 4.68. The third kappa shape index (κ3) is 3.74. The van der Waals surface area contributed by atoms with E-state index in [1.165, 1.54) is 25.7 Å². The average molecular weight is 188 g/mol. The van der Waals surface area contributed by atoms with Gasteiger partial charge in [0, 0.05) is 6.61 Å². The standard InChI is InChI=1S/C9H16O4/c10-8(9(11)12)6-13-5-7-3-1-2-4-7/h7-8,10H,1-6H2,(H,11,12)/t8-/m0/s1. The van der Waals surface area contributed by atoms with Crippen LogP contribution in [0.2, 0.25) is 0 Å². The van der Waals surface area contributed by atoms with Gasteiger partial charge in [-0.1, -0.05) is 12.8 Å². The van der Waals surface area contributed by atoms with Crippen LogP contribution < -0.4 is 0 Å². The number of rotatable bonds is 5. The van der Waals surface area contributed by atoms with Crippen LogP contribution in [0.4, 0.5) is 0 Å². The number of aliphatic hydroxyl groups is 1. The summed E-state index contributed by atoms with van der Waals surface area (Å²) in [5.41, 5.74) is 0. The molecule has 0 aromatic rings. The SMILES string of the molecule is O=C(O)[C@@H](O)COCC1CCCC1. The first-order chi connectivity index (χ1) is 6.20. The van der Waals surface area contributed by atoms with Crippen molar-refractivity contribution >= 4 is 5.97 Å². The van der Waals surface area contributed by atoms with Crippen molar-refractivity contribution in [1.82, 2.24) is 0 Å². The van der Waals surface area contributed by atoms with E-state index >= 15 is 0 Å². The lowest BCUT2D eigenvalue weighted by molar-refractivity contribution is -0.150. The number of carboxylic acids is 1. The van der Waals surface area contributed by atoms with E-state index < -0.39 is 12.1 Å². The largest absolute Gasteiger partial charge is 0.479 e. The molecule has 1 aliphatic rings. The van der Waals surface area contributed by atoms with Gasteiger partial charge < -0.3 is 14.9 Å². The lowest BCUT2D eigenvalue weighted by atomic mass is 10.1. The lowest BCUT2D eigenvalue weighted by Crippen LogP contribution is -2.26. The monoisotopic (exact) mass is 188 g/mol. The molecule has 1 rings (SSSR count). The van der Waals surface area contributed by atoms with E-state index in [2.05, 4.69) is 0 Å². The summed E-state index contributed by atoms with van der Waals surface area (Å²) in [7, 11) is 0. The maximum Gasteiger partial charge on any atom is 0.334 e. The van der Waals surface area contributed by atoms with Crippen molar-refractivity contribution in [1.29, 1.82) is 0 Å². The predicted molar refractivity (Wildman–Crippen MR) is 46.4 cm³/mol. The number of ether oxygens (including phenoxy) is 1. The number of carboxylic acid groups (broad SMARTS) is 1. The van der Waals surface area contributed by atoms with E-state index in [0.29, 0.717) is 12.5 Å². The molecule has 2 N–H and O–H groups in total. The molecule has 1 atom stereocenters. The Morgan fingerprint density at radius 3 is 2.62 bits per heavy atom. The quantitative estimate of drug-likeness (QED) is 0.664. The minimum atomic E-state index is -1.37. The Balaban J connectivity index is 2.02. The van der Waals surface area contributed by atoms with Crippen molar-refractivity contribution in [2.45, 2.75) is 31.8 Å². The minimum absolute atomic E-state index is 0.0914. The number of hydrogen-bond donors (Lipinski definition) is 2. The van der Waals surface area contributed by atoms with Crippen LogP contribution in [0.3, 0.4) is 0 Å². The summed E-state index contributed by atoms with van der Waals surface area (Å²) in [5, 5.41) is 17.2. The molecule has 76 valence electrons. The van der Waals surface area contributed by atoms with Gasteiger partial charge in [-0.3, -0.25) is 0 Å². The zero-order valence-corrected chi connectivity index (χ0v) is 7.61. The summed E-state index contributed by atoms with van der Waals surface area (Å²) in [5.74, 6) is -0.646. The van der Waals surface area contributed by atoms with Crippen LogP contribution in [-0.2, 0) is 9.53 Å². The Morgan fingerprint density at radius 1 is 1.46 bits per heavy atom. The minimum Gasteiger partial charge on any atom is -0.479 e.